The Hall–Kier alpha value is -1.28. The summed E-state index contributed by atoms with van der Waals surface area (Å²) in [5.41, 5.74) is -1.18. The van der Waals surface area contributed by atoms with E-state index < -0.39 is 16.8 Å². The first-order chi connectivity index (χ1) is 6.46. The monoisotopic (exact) mass is 220 g/mol. The summed E-state index contributed by atoms with van der Waals surface area (Å²) < 4.78 is 37.2. The van der Waals surface area contributed by atoms with E-state index in [2.05, 4.69) is 4.98 Å². The van der Waals surface area contributed by atoms with Crippen LogP contribution >= 0.6 is 11.6 Å². The van der Waals surface area contributed by atoms with Crippen molar-refractivity contribution in [1.82, 2.24) is 4.98 Å². The summed E-state index contributed by atoms with van der Waals surface area (Å²) in [4.78, 5) is 3.49. The second-order valence-corrected chi connectivity index (χ2v) is 2.90. The average molecular weight is 221 g/mol. The number of hydrogen-bond donors (Lipinski definition) is 0. The third-order valence-electron chi connectivity index (χ3n) is 1.53. The van der Waals surface area contributed by atoms with E-state index in [1.165, 1.54) is 0 Å². The second kappa shape index (κ2) is 3.84. The van der Waals surface area contributed by atoms with Crippen molar-refractivity contribution in [2.75, 3.05) is 0 Å². The van der Waals surface area contributed by atoms with Crippen molar-refractivity contribution >= 4 is 11.6 Å². The van der Waals surface area contributed by atoms with E-state index in [9.17, 15) is 13.2 Å². The quantitative estimate of drug-likeness (QED) is 0.730. The van der Waals surface area contributed by atoms with Crippen molar-refractivity contribution in [3.63, 3.8) is 0 Å². The highest BCUT2D eigenvalue weighted by Gasteiger charge is 2.35. The standard InChI is InChI=1S/C8H4ClF3N2/c9-6-4-14-3-5(1-2-13)7(6)8(10,11)12/h3-4H,1H2. The Labute approximate surface area is 82.9 Å². The molecule has 1 heterocycles. The number of hydrogen-bond acceptors (Lipinski definition) is 2. The molecule has 14 heavy (non-hydrogen) atoms. The number of rotatable bonds is 1. The van der Waals surface area contributed by atoms with Gasteiger partial charge in [0, 0.05) is 12.4 Å². The molecule has 0 fully saturated rings. The Kier molecular flexibility index (Phi) is 2.96. The Morgan fingerprint density at radius 2 is 2.07 bits per heavy atom. The molecule has 6 heteroatoms. The third kappa shape index (κ3) is 2.15. The van der Waals surface area contributed by atoms with Crippen LogP contribution in [0.3, 0.4) is 0 Å². The minimum atomic E-state index is -4.55. The first-order valence-electron chi connectivity index (χ1n) is 3.53. The van der Waals surface area contributed by atoms with Gasteiger partial charge in [-0.25, -0.2) is 0 Å². The van der Waals surface area contributed by atoms with Gasteiger partial charge in [0.1, 0.15) is 0 Å². The summed E-state index contributed by atoms with van der Waals surface area (Å²) in [7, 11) is 0. The fourth-order valence-corrected chi connectivity index (χ4v) is 1.30. The summed E-state index contributed by atoms with van der Waals surface area (Å²) in [6.07, 6.45) is -3.00. The van der Waals surface area contributed by atoms with Crippen LogP contribution in [0.25, 0.3) is 0 Å². The highest BCUT2D eigenvalue weighted by molar-refractivity contribution is 6.31. The molecule has 1 aromatic heterocycles. The molecule has 0 unspecified atom stereocenters. The lowest BCUT2D eigenvalue weighted by molar-refractivity contribution is -0.138. The minimum absolute atomic E-state index is 0.201. The predicted octanol–water partition coefficient (Wildman–Crippen LogP) is 2.82. The molecule has 1 aromatic rings. The van der Waals surface area contributed by atoms with Crippen LogP contribution in [0.5, 0.6) is 0 Å². The molecule has 0 amide bonds. The van der Waals surface area contributed by atoms with Crippen LogP contribution in [0, 0.1) is 11.3 Å². The number of aromatic nitrogens is 1. The van der Waals surface area contributed by atoms with Crippen LogP contribution in [0.15, 0.2) is 12.4 Å². The van der Waals surface area contributed by atoms with Crippen LogP contribution in [0.4, 0.5) is 13.2 Å². The number of nitriles is 1. The van der Waals surface area contributed by atoms with Crippen LogP contribution in [0.1, 0.15) is 11.1 Å². The van der Waals surface area contributed by atoms with Crippen LogP contribution < -0.4 is 0 Å². The highest BCUT2D eigenvalue weighted by Crippen LogP contribution is 2.36. The maximum atomic E-state index is 12.4. The maximum absolute atomic E-state index is 12.4. The Morgan fingerprint density at radius 1 is 1.43 bits per heavy atom. The van der Waals surface area contributed by atoms with Crippen molar-refractivity contribution in [3.8, 4) is 6.07 Å². The van der Waals surface area contributed by atoms with Gasteiger partial charge in [0.2, 0.25) is 0 Å². The van der Waals surface area contributed by atoms with E-state index in [1.54, 1.807) is 6.07 Å². The number of nitrogens with zero attached hydrogens (tertiary/aromatic N) is 2. The Balaban J connectivity index is 3.31. The fourth-order valence-electron chi connectivity index (χ4n) is 1.01. The highest BCUT2D eigenvalue weighted by atomic mass is 35.5. The zero-order valence-corrected chi connectivity index (χ0v) is 7.52. The van der Waals surface area contributed by atoms with Crippen molar-refractivity contribution in [2.45, 2.75) is 12.6 Å². The number of halogens is 4. The molecule has 2 nitrogen and oxygen atoms in total. The SMILES string of the molecule is N#CCc1cncc(Cl)c1C(F)(F)F. The van der Waals surface area contributed by atoms with Gasteiger partial charge in [-0.05, 0) is 5.56 Å². The lowest BCUT2D eigenvalue weighted by Gasteiger charge is -2.11. The molecule has 0 atom stereocenters. The molecule has 0 aliphatic heterocycles. The molecule has 1 rings (SSSR count). The molecule has 0 aromatic carbocycles. The van der Waals surface area contributed by atoms with Gasteiger partial charge < -0.3 is 0 Å². The molecule has 0 aliphatic rings. The van der Waals surface area contributed by atoms with E-state index in [0.29, 0.717) is 0 Å². The van der Waals surface area contributed by atoms with E-state index >= 15 is 0 Å². The minimum Gasteiger partial charge on any atom is -0.263 e. The lowest BCUT2D eigenvalue weighted by atomic mass is 10.1. The normalized spacial score (nSPS) is 11.1. The second-order valence-electron chi connectivity index (χ2n) is 2.49. The van der Waals surface area contributed by atoms with Crippen molar-refractivity contribution in [3.05, 3.63) is 28.5 Å². The van der Waals surface area contributed by atoms with Gasteiger partial charge in [0.05, 0.1) is 23.1 Å². The van der Waals surface area contributed by atoms with Crippen LogP contribution in [0.2, 0.25) is 5.02 Å². The van der Waals surface area contributed by atoms with Crippen molar-refractivity contribution in [2.24, 2.45) is 0 Å². The molecule has 74 valence electrons. The summed E-state index contributed by atoms with van der Waals surface area (Å²) in [6.45, 7) is 0. The van der Waals surface area contributed by atoms with E-state index in [0.717, 1.165) is 12.4 Å². The summed E-state index contributed by atoms with van der Waals surface area (Å²) in [5.74, 6) is 0. The zero-order valence-electron chi connectivity index (χ0n) is 6.77. The van der Waals surface area contributed by atoms with Crippen molar-refractivity contribution < 1.29 is 13.2 Å². The molecular weight excluding hydrogens is 217 g/mol. The molecule has 0 aliphatic carbocycles. The summed E-state index contributed by atoms with van der Waals surface area (Å²) in [6, 6.07) is 1.63. The van der Waals surface area contributed by atoms with E-state index in [-0.39, 0.29) is 12.0 Å². The van der Waals surface area contributed by atoms with E-state index in [1.807, 2.05) is 0 Å². The van der Waals surface area contributed by atoms with Gasteiger partial charge in [-0.3, -0.25) is 4.98 Å². The van der Waals surface area contributed by atoms with Crippen LogP contribution in [-0.2, 0) is 12.6 Å². The molecule has 0 radical (unpaired) electrons. The number of alkyl halides is 3. The average Bonchev–Trinajstić information content (AvgIpc) is 2.02. The Morgan fingerprint density at radius 3 is 2.57 bits per heavy atom. The molecule has 0 saturated carbocycles. The Bertz CT molecular complexity index is 381. The van der Waals surface area contributed by atoms with Crippen molar-refractivity contribution in [1.29, 1.82) is 5.26 Å². The summed E-state index contributed by atoms with van der Waals surface area (Å²) in [5, 5.41) is 7.83. The zero-order chi connectivity index (χ0) is 10.8. The van der Waals surface area contributed by atoms with Gasteiger partial charge in [0.25, 0.3) is 0 Å². The lowest BCUT2D eigenvalue weighted by Crippen LogP contribution is -2.10. The number of pyridine rings is 1. The van der Waals surface area contributed by atoms with Gasteiger partial charge >= 0.3 is 6.18 Å². The van der Waals surface area contributed by atoms with E-state index in [4.69, 9.17) is 16.9 Å². The maximum Gasteiger partial charge on any atom is 0.418 e. The molecule has 0 saturated heterocycles. The third-order valence-corrected chi connectivity index (χ3v) is 1.82. The molecule has 0 spiro atoms. The van der Waals surface area contributed by atoms with Gasteiger partial charge in [-0.15, -0.1) is 0 Å². The first kappa shape index (κ1) is 10.8. The molecule has 0 bridgehead atoms. The van der Waals surface area contributed by atoms with Crippen LogP contribution in [-0.4, -0.2) is 4.98 Å². The largest absolute Gasteiger partial charge is 0.418 e. The topological polar surface area (TPSA) is 36.7 Å². The summed E-state index contributed by atoms with van der Waals surface area (Å²) >= 11 is 5.36. The van der Waals surface area contributed by atoms with Gasteiger partial charge in [-0.1, -0.05) is 11.6 Å². The first-order valence-corrected chi connectivity index (χ1v) is 3.91. The van der Waals surface area contributed by atoms with Gasteiger partial charge in [-0.2, -0.15) is 18.4 Å². The fraction of sp³-hybridized carbons (Fsp3) is 0.250. The van der Waals surface area contributed by atoms with Gasteiger partial charge in [0.15, 0.2) is 0 Å². The predicted molar refractivity (Wildman–Crippen MR) is 43.6 cm³/mol. The smallest absolute Gasteiger partial charge is 0.263 e. The molecular formula is C8H4ClF3N2. The molecule has 0 N–H and O–H groups in total.